The highest BCUT2D eigenvalue weighted by molar-refractivity contribution is 7.26. The Balaban J connectivity index is 1.52. The summed E-state index contributed by atoms with van der Waals surface area (Å²) >= 11 is 1.73. The van der Waals surface area contributed by atoms with Gasteiger partial charge in [0.05, 0.1) is 48.7 Å². The van der Waals surface area contributed by atoms with Crippen molar-refractivity contribution in [2.24, 2.45) is 0 Å². The summed E-state index contributed by atoms with van der Waals surface area (Å²) in [5.41, 5.74) is 4.73. The number of aromatic nitrogens is 3. The van der Waals surface area contributed by atoms with Crippen molar-refractivity contribution < 1.29 is 14.4 Å². The van der Waals surface area contributed by atoms with Crippen LogP contribution in [0, 0.1) is 0 Å². The van der Waals surface area contributed by atoms with Crippen LogP contribution in [0.5, 0.6) is 0 Å². The smallest absolute Gasteiger partial charge is 0.147 e. The minimum Gasteiger partial charge on any atom is -0.370 e. The van der Waals surface area contributed by atoms with Gasteiger partial charge in [-0.15, -0.1) is 11.3 Å². The molecule has 7 nitrogen and oxygen atoms in total. The predicted octanol–water partition coefficient (Wildman–Crippen LogP) is 2.76. The van der Waals surface area contributed by atoms with Crippen LogP contribution in [0.2, 0.25) is 0 Å². The molecule has 2 aliphatic rings. The second-order valence-electron chi connectivity index (χ2n) is 9.57. The fourth-order valence-corrected chi connectivity index (χ4v) is 5.96. The zero-order valence-corrected chi connectivity index (χ0v) is 20.2. The minimum atomic E-state index is -0.174. The Bertz CT molecular complexity index is 1110. The lowest BCUT2D eigenvalue weighted by Gasteiger charge is -2.33. The fraction of sp³-hybridized carbons (Fsp3) is 0.625. The van der Waals surface area contributed by atoms with E-state index >= 15 is 0 Å². The molecule has 0 amide bonds. The Labute approximate surface area is 193 Å². The van der Waals surface area contributed by atoms with Crippen molar-refractivity contribution in [3.63, 3.8) is 0 Å². The number of hydrogen-bond acceptors (Lipinski definition) is 7. The number of nitrogens with one attached hydrogen (secondary N) is 2. The molecule has 0 unspecified atom stereocenters. The third-order valence-electron chi connectivity index (χ3n) is 6.65. The number of pyridine rings is 1. The Morgan fingerprint density at radius 3 is 2.84 bits per heavy atom. The molecule has 5 heterocycles. The van der Waals surface area contributed by atoms with Gasteiger partial charge in [-0.05, 0) is 32.3 Å². The topological polar surface area (TPSA) is 73.6 Å². The van der Waals surface area contributed by atoms with Crippen LogP contribution in [0.4, 0.5) is 5.82 Å². The van der Waals surface area contributed by atoms with E-state index in [-0.39, 0.29) is 5.60 Å². The molecule has 5 rings (SSSR count). The van der Waals surface area contributed by atoms with Gasteiger partial charge >= 0.3 is 0 Å². The summed E-state index contributed by atoms with van der Waals surface area (Å²) in [5, 5.41) is 4.80. The number of fused-ring (bicyclic) bond motifs is 5. The highest BCUT2D eigenvalue weighted by atomic mass is 32.1. The fourth-order valence-electron chi connectivity index (χ4n) is 4.82. The molecule has 32 heavy (non-hydrogen) atoms. The van der Waals surface area contributed by atoms with Crippen LogP contribution in [0.25, 0.3) is 20.4 Å². The molecule has 0 atom stereocenters. The Morgan fingerprint density at radius 1 is 1.19 bits per heavy atom. The molecule has 0 saturated carbocycles. The lowest BCUT2D eigenvalue weighted by molar-refractivity contribution is -0.906. The van der Waals surface area contributed by atoms with Crippen molar-refractivity contribution in [1.29, 1.82) is 0 Å². The van der Waals surface area contributed by atoms with Gasteiger partial charge in [0, 0.05) is 23.1 Å². The van der Waals surface area contributed by atoms with Crippen molar-refractivity contribution in [3.05, 3.63) is 23.1 Å². The first-order valence-electron chi connectivity index (χ1n) is 11.9. The maximum atomic E-state index is 6.19. The first-order valence-corrected chi connectivity index (χ1v) is 12.7. The molecule has 1 saturated heterocycles. The largest absolute Gasteiger partial charge is 0.370 e. The molecule has 1 fully saturated rings. The molecule has 3 aromatic rings. The number of aryl methyl sites for hydroxylation is 1. The van der Waals surface area contributed by atoms with Crippen molar-refractivity contribution in [1.82, 2.24) is 15.0 Å². The van der Waals surface area contributed by atoms with Crippen molar-refractivity contribution in [2.75, 3.05) is 44.7 Å². The molecule has 0 radical (unpaired) electrons. The van der Waals surface area contributed by atoms with E-state index in [0.29, 0.717) is 6.61 Å². The van der Waals surface area contributed by atoms with Gasteiger partial charge in [-0.2, -0.15) is 0 Å². The van der Waals surface area contributed by atoms with Gasteiger partial charge in [0.15, 0.2) is 0 Å². The second kappa shape index (κ2) is 9.17. The van der Waals surface area contributed by atoms with Gasteiger partial charge in [0.25, 0.3) is 0 Å². The molecule has 0 aromatic carbocycles. The highest BCUT2D eigenvalue weighted by Gasteiger charge is 2.31. The van der Waals surface area contributed by atoms with E-state index in [0.717, 1.165) is 85.9 Å². The quantitative estimate of drug-likeness (QED) is 0.570. The summed E-state index contributed by atoms with van der Waals surface area (Å²) < 4.78 is 12.8. The van der Waals surface area contributed by atoms with Gasteiger partial charge in [-0.3, -0.25) is 0 Å². The van der Waals surface area contributed by atoms with Crippen molar-refractivity contribution in [2.45, 2.75) is 58.7 Å². The molecule has 2 aliphatic heterocycles. The molecular weight excluding hydrogens is 422 g/mol. The molecular formula is C24H34N5O2S+. The number of morpholine rings is 1. The van der Waals surface area contributed by atoms with Crippen LogP contribution < -0.4 is 10.2 Å². The van der Waals surface area contributed by atoms with Crippen LogP contribution in [-0.2, 0) is 28.9 Å². The number of unbranched alkanes of at least 4 members (excludes halogenated alkanes) is 1. The van der Waals surface area contributed by atoms with E-state index < -0.39 is 0 Å². The first kappa shape index (κ1) is 21.9. The molecule has 172 valence electrons. The molecule has 0 spiro atoms. The maximum Gasteiger partial charge on any atom is 0.147 e. The van der Waals surface area contributed by atoms with E-state index in [1.807, 2.05) is 0 Å². The zero-order valence-electron chi connectivity index (χ0n) is 19.4. The number of anilines is 1. The van der Waals surface area contributed by atoms with E-state index in [9.17, 15) is 0 Å². The van der Waals surface area contributed by atoms with E-state index in [2.05, 4.69) is 31.1 Å². The summed E-state index contributed by atoms with van der Waals surface area (Å²) in [6, 6.07) is 0. The molecule has 8 heteroatoms. The van der Waals surface area contributed by atoms with Crippen LogP contribution in [0.15, 0.2) is 6.33 Å². The normalized spacial score (nSPS) is 18.8. The summed E-state index contributed by atoms with van der Waals surface area (Å²) in [6.07, 6.45) is 5.90. The summed E-state index contributed by atoms with van der Waals surface area (Å²) in [4.78, 5) is 17.1. The first-order chi connectivity index (χ1) is 15.6. The SMILES string of the molecule is CCCCc1nc2sc3c(NCC[NH+]4CCOCC4)ncnc3c2c2c1COC(C)(C)C2. The van der Waals surface area contributed by atoms with Crippen LogP contribution in [0.1, 0.15) is 50.4 Å². The number of rotatable bonds is 7. The minimum absolute atomic E-state index is 0.174. The molecule has 0 aliphatic carbocycles. The molecule has 3 aromatic heterocycles. The number of thiophene rings is 1. The van der Waals surface area contributed by atoms with Crippen LogP contribution in [0.3, 0.4) is 0 Å². The second-order valence-corrected chi connectivity index (χ2v) is 10.6. The van der Waals surface area contributed by atoms with E-state index in [4.69, 9.17) is 19.4 Å². The van der Waals surface area contributed by atoms with Crippen molar-refractivity contribution >= 4 is 37.6 Å². The van der Waals surface area contributed by atoms with Gasteiger partial charge in [0.2, 0.25) is 0 Å². The number of quaternary nitrogens is 1. The van der Waals surface area contributed by atoms with Crippen LogP contribution in [-0.4, -0.2) is 59.9 Å². The van der Waals surface area contributed by atoms with E-state index in [1.165, 1.54) is 22.2 Å². The monoisotopic (exact) mass is 456 g/mol. The molecule has 2 N–H and O–H groups in total. The van der Waals surface area contributed by atoms with Gasteiger partial charge in [0.1, 0.15) is 30.1 Å². The maximum absolute atomic E-state index is 6.19. The average molecular weight is 457 g/mol. The summed E-state index contributed by atoms with van der Waals surface area (Å²) in [6.45, 7) is 13.1. The van der Waals surface area contributed by atoms with Crippen LogP contribution >= 0.6 is 11.3 Å². The van der Waals surface area contributed by atoms with E-state index in [1.54, 1.807) is 22.6 Å². The standard InChI is InChI=1S/C24H33N5O2S/c1-4-5-6-18-17-14-31-24(2,3)13-16(17)19-20-21(32-23(19)28-18)22(27-15-26-20)25-7-8-29-9-11-30-12-10-29/h15H,4-14H2,1-3H3,(H,25,26,27)/p+1. The van der Waals surface area contributed by atoms with Gasteiger partial charge in [-0.1, -0.05) is 13.3 Å². The highest BCUT2D eigenvalue weighted by Crippen LogP contribution is 2.42. The Morgan fingerprint density at radius 2 is 2.03 bits per heavy atom. The third-order valence-corrected chi connectivity index (χ3v) is 7.73. The number of hydrogen-bond donors (Lipinski definition) is 2. The van der Waals surface area contributed by atoms with Crippen molar-refractivity contribution in [3.8, 4) is 0 Å². The summed E-state index contributed by atoms with van der Waals surface area (Å²) in [5.74, 6) is 0.931. The predicted molar refractivity (Wildman–Crippen MR) is 129 cm³/mol. The number of ether oxygens (including phenoxy) is 2. The zero-order chi connectivity index (χ0) is 22.1. The Hall–Kier alpha value is -1.87. The lowest BCUT2D eigenvalue weighted by atomic mass is 9.88. The summed E-state index contributed by atoms with van der Waals surface area (Å²) in [7, 11) is 0. The molecule has 0 bridgehead atoms. The Kier molecular flexibility index (Phi) is 6.29. The third kappa shape index (κ3) is 4.33. The van der Waals surface area contributed by atoms with Gasteiger partial charge in [-0.25, -0.2) is 15.0 Å². The number of nitrogens with zero attached hydrogens (tertiary/aromatic N) is 3. The average Bonchev–Trinajstić information content (AvgIpc) is 3.17. The lowest BCUT2D eigenvalue weighted by Crippen LogP contribution is -3.14. The van der Waals surface area contributed by atoms with Gasteiger partial charge < -0.3 is 19.7 Å².